The van der Waals surface area contributed by atoms with Gasteiger partial charge in [-0.2, -0.15) is 4.98 Å². The molecule has 1 heterocycles. The molecule has 4 aromatic rings. The summed E-state index contributed by atoms with van der Waals surface area (Å²) in [6.07, 6.45) is 6.64. The number of anilines is 3. The molecular formula is C33H35N5O6. The van der Waals surface area contributed by atoms with Gasteiger partial charge in [-0.25, -0.2) is 9.78 Å². The number of hydrogen-bond acceptors (Lipinski definition) is 9. The molecule has 0 saturated carbocycles. The van der Waals surface area contributed by atoms with Crippen LogP contribution in [0.2, 0.25) is 0 Å². The fraction of sp³-hybridized carbons (Fsp3) is 0.273. The number of carbonyl (C=O) groups excluding carboxylic acids is 2. The number of carbonyl (C=O) groups is 2. The molecule has 0 atom stereocenters. The maximum atomic E-state index is 12.7. The Morgan fingerprint density at radius 2 is 1.77 bits per heavy atom. The molecule has 3 aromatic carbocycles. The number of terminal acetylenes is 1. The van der Waals surface area contributed by atoms with E-state index < -0.39 is 11.7 Å². The SMILES string of the molecule is C#Cc1cc(Nc2nccc(Oc3ccc(NC(=O)OC(C)(C)C)c4ccccc34)n2)cc(C(=O)NCCOCCOC)c1. The van der Waals surface area contributed by atoms with Gasteiger partial charge in [0.1, 0.15) is 11.4 Å². The van der Waals surface area contributed by atoms with Crippen molar-refractivity contribution in [1.29, 1.82) is 0 Å². The number of amides is 2. The summed E-state index contributed by atoms with van der Waals surface area (Å²) < 4.78 is 21.9. The van der Waals surface area contributed by atoms with Crippen LogP contribution in [0.5, 0.6) is 11.6 Å². The maximum absolute atomic E-state index is 12.7. The van der Waals surface area contributed by atoms with Gasteiger partial charge in [0.15, 0.2) is 0 Å². The lowest BCUT2D eigenvalue weighted by Gasteiger charge is -2.20. The van der Waals surface area contributed by atoms with E-state index in [1.165, 1.54) is 0 Å². The number of hydrogen-bond donors (Lipinski definition) is 3. The normalized spacial score (nSPS) is 11.0. The number of benzene rings is 3. The fourth-order valence-corrected chi connectivity index (χ4v) is 4.08. The predicted octanol–water partition coefficient (Wildman–Crippen LogP) is 5.89. The van der Waals surface area contributed by atoms with Gasteiger partial charge < -0.3 is 29.6 Å². The molecule has 4 rings (SSSR count). The number of fused-ring (bicyclic) bond motifs is 1. The van der Waals surface area contributed by atoms with Gasteiger partial charge in [-0.1, -0.05) is 30.2 Å². The quantitative estimate of drug-likeness (QED) is 0.135. The van der Waals surface area contributed by atoms with Crippen molar-refractivity contribution in [3.63, 3.8) is 0 Å². The zero-order valence-corrected chi connectivity index (χ0v) is 25.1. The molecular weight excluding hydrogens is 562 g/mol. The summed E-state index contributed by atoms with van der Waals surface area (Å²) >= 11 is 0. The van der Waals surface area contributed by atoms with E-state index in [4.69, 9.17) is 25.4 Å². The Kier molecular flexibility index (Phi) is 10.7. The van der Waals surface area contributed by atoms with E-state index in [0.29, 0.717) is 54.6 Å². The van der Waals surface area contributed by atoms with E-state index in [1.807, 2.05) is 24.3 Å². The summed E-state index contributed by atoms with van der Waals surface area (Å²) in [5.41, 5.74) is 1.37. The summed E-state index contributed by atoms with van der Waals surface area (Å²) in [4.78, 5) is 33.9. The van der Waals surface area contributed by atoms with Crippen LogP contribution in [-0.4, -0.2) is 61.0 Å². The number of nitrogens with one attached hydrogen (secondary N) is 3. The van der Waals surface area contributed by atoms with Crippen molar-refractivity contribution in [1.82, 2.24) is 15.3 Å². The number of ether oxygens (including phenoxy) is 4. The second-order valence-corrected chi connectivity index (χ2v) is 10.5. The number of rotatable bonds is 12. The summed E-state index contributed by atoms with van der Waals surface area (Å²) in [5, 5.41) is 10.2. The molecule has 0 spiro atoms. The van der Waals surface area contributed by atoms with E-state index in [0.717, 1.165) is 10.8 Å². The lowest BCUT2D eigenvalue weighted by molar-refractivity contribution is 0.0635. The number of nitrogens with zero attached hydrogens (tertiary/aromatic N) is 2. The monoisotopic (exact) mass is 597 g/mol. The van der Waals surface area contributed by atoms with Crippen LogP contribution >= 0.6 is 0 Å². The minimum Gasteiger partial charge on any atom is -0.444 e. The molecule has 44 heavy (non-hydrogen) atoms. The summed E-state index contributed by atoms with van der Waals surface area (Å²) in [7, 11) is 1.60. The molecule has 3 N–H and O–H groups in total. The number of methoxy groups -OCH3 is 1. The average molecular weight is 598 g/mol. The average Bonchev–Trinajstić information content (AvgIpc) is 2.99. The van der Waals surface area contributed by atoms with Gasteiger partial charge in [0.05, 0.1) is 25.5 Å². The lowest BCUT2D eigenvalue weighted by atomic mass is 10.1. The van der Waals surface area contributed by atoms with Crippen molar-refractivity contribution in [2.24, 2.45) is 0 Å². The van der Waals surface area contributed by atoms with Gasteiger partial charge in [-0.3, -0.25) is 10.1 Å². The van der Waals surface area contributed by atoms with Crippen LogP contribution in [0.1, 0.15) is 36.7 Å². The van der Waals surface area contributed by atoms with Crippen LogP contribution in [0.4, 0.5) is 22.1 Å². The lowest BCUT2D eigenvalue weighted by Crippen LogP contribution is -2.27. The van der Waals surface area contributed by atoms with Gasteiger partial charge in [-0.05, 0) is 51.1 Å². The molecule has 0 saturated heterocycles. The Labute approximate surface area is 256 Å². The Hall–Kier alpha value is -5.18. The first kappa shape index (κ1) is 31.7. The van der Waals surface area contributed by atoms with E-state index in [-0.39, 0.29) is 17.7 Å². The highest BCUT2D eigenvalue weighted by atomic mass is 16.6. The van der Waals surface area contributed by atoms with Crippen molar-refractivity contribution in [2.75, 3.05) is 44.1 Å². The molecule has 0 unspecified atom stereocenters. The first-order chi connectivity index (χ1) is 21.1. The smallest absolute Gasteiger partial charge is 0.412 e. The Balaban J connectivity index is 1.48. The molecule has 0 aliphatic carbocycles. The van der Waals surface area contributed by atoms with Crippen molar-refractivity contribution in [2.45, 2.75) is 26.4 Å². The third-order valence-electron chi connectivity index (χ3n) is 5.95. The third kappa shape index (κ3) is 9.16. The van der Waals surface area contributed by atoms with Gasteiger partial charge in [0.25, 0.3) is 5.91 Å². The highest BCUT2D eigenvalue weighted by molar-refractivity contribution is 6.03. The molecule has 2 amide bonds. The van der Waals surface area contributed by atoms with E-state index in [1.54, 1.807) is 70.5 Å². The summed E-state index contributed by atoms with van der Waals surface area (Å²) in [5.74, 6) is 3.32. The zero-order chi connectivity index (χ0) is 31.5. The number of aromatic nitrogens is 2. The molecule has 11 heteroatoms. The molecule has 228 valence electrons. The minimum absolute atomic E-state index is 0.238. The molecule has 0 aliphatic rings. The predicted molar refractivity (Wildman–Crippen MR) is 169 cm³/mol. The van der Waals surface area contributed by atoms with Gasteiger partial charge >= 0.3 is 6.09 Å². The maximum Gasteiger partial charge on any atom is 0.412 e. The molecule has 1 aromatic heterocycles. The fourth-order valence-electron chi connectivity index (χ4n) is 4.08. The Morgan fingerprint density at radius 3 is 2.52 bits per heavy atom. The van der Waals surface area contributed by atoms with E-state index >= 15 is 0 Å². The summed E-state index contributed by atoms with van der Waals surface area (Å²) in [6.45, 7) is 7.03. The van der Waals surface area contributed by atoms with Crippen molar-refractivity contribution >= 4 is 40.1 Å². The van der Waals surface area contributed by atoms with Crippen LogP contribution < -0.4 is 20.7 Å². The van der Waals surface area contributed by atoms with Crippen molar-refractivity contribution < 1.29 is 28.5 Å². The highest BCUT2D eigenvalue weighted by Crippen LogP contribution is 2.34. The van der Waals surface area contributed by atoms with Crippen LogP contribution in [-0.2, 0) is 14.2 Å². The van der Waals surface area contributed by atoms with Gasteiger partial charge in [0, 0.05) is 53.5 Å². The van der Waals surface area contributed by atoms with Crippen LogP contribution in [0.3, 0.4) is 0 Å². The first-order valence-corrected chi connectivity index (χ1v) is 13.9. The van der Waals surface area contributed by atoms with Crippen molar-refractivity contribution in [3.8, 4) is 24.0 Å². The van der Waals surface area contributed by atoms with Gasteiger partial charge in [0.2, 0.25) is 11.8 Å². The largest absolute Gasteiger partial charge is 0.444 e. The zero-order valence-electron chi connectivity index (χ0n) is 25.1. The molecule has 0 radical (unpaired) electrons. The molecule has 0 aliphatic heterocycles. The van der Waals surface area contributed by atoms with Crippen LogP contribution in [0, 0.1) is 12.3 Å². The second-order valence-electron chi connectivity index (χ2n) is 10.5. The van der Waals surface area contributed by atoms with E-state index in [9.17, 15) is 9.59 Å². The van der Waals surface area contributed by atoms with Crippen molar-refractivity contribution in [3.05, 3.63) is 78.0 Å². The third-order valence-corrected chi connectivity index (χ3v) is 5.95. The van der Waals surface area contributed by atoms with Crippen LogP contribution in [0.25, 0.3) is 10.8 Å². The first-order valence-electron chi connectivity index (χ1n) is 13.9. The Morgan fingerprint density at radius 1 is 0.977 bits per heavy atom. The molecule has 0 bridgehead atoms. The highest BCUT2D eigenvalue weighted by Gasteiger charge is 2.18. The standard InChI is InChI=1S/C33H35N5O6/c1-6-22-19-23(30(39)34-15-16-42-18-17-41-5)21-24(20-22)36-31-35-14-13-29(38-31)43-28-12-11-27(25-9-7-8-10-26(25)28)37-32(40)44-33(2,3)4/h1,7-14,19-21H,15-18H2,2-5H3,(H,34,39)(H,37,40)(H,35,36,38). The van der Waals surface area contributed by atoms with Crippen LogP contribution in [0.15, 0.2) is 66.9 Å². The summed E-state index contributed by atoms with van der Waals surface area (Å²) in [6, 6.07) is 17.6. The Bertz CT molecular complexity index is 1660. The second kappa shape index (κ2) is 14.8. The molecule has 11 nitrogen and oxygen atoms in total. The van der Waals surface area contributed by atoms with E-state index in [2.05, 4.69) is 31.8 Å². The van der Waals surface area contributed by atoms with Gasteiger partial charge in [-0.15, -0.1) is 6.42 Å². The minimum atomic E-state index is -0.628. The molecule has 0 fully saturated rings. The topological polar surface area (TPSA) is 133 Å².